The zero-order chi connectivity index (χ0) is 68.3. The molecule has 6 aliphatic rings. The maximum absolute atomic E-state index is 12.9. The van der Waals surface area contributed by atoms with Crippen molar-refractivity contribution < 1.29 is 43.2 Å². The van der Waals surface area contributed by atoms with Gasteiger partial charge in [0.05, 0.1) is 67.5 Å². The van der Waals surface area contributed by atoms with Crippen molar-refractivity contribution >= 4 is 58.4 Å². The van der Waals surface area contributed by atoms with Crippen LogP contribution < -0.4 is 34.5 Å². The van der Waals surface area contributed by atoms with Crippen LogP contribution >= 0.6 is 23.2 Å². The number of anilines is 2. The van der Waals surface area contributed by atoms with Gasteiger partial charge in [-0.2, -0.15) is 0 Å². The highest BCUT2D eigenvalue weighted by atomic mass is 35.5. The molecule has 496 valence electrons. The first-order chi connectivity index (χ1) is 45.3. The summed E-state index contributed by atoms with van der Waals surface area (Å²) in [4.78, 5) is 86.8. The molecule has 4 saturated carbocycles. The number of Topliss-reactive ketones (excluding diaryl/α,β-unsaturated/α-hetero) is 1. The number of halogens is 2. The standard InChI is InChI=1S/C19H21ClN2O2.2C18H19N3O2.C10H13NO.C8H9ClN2O2/c1-19(2,17-18(20)22-8-7-21-17)16(23)11-13-10-15(13)12-5-4-6-14(9-12)24-3;2*1-18(2)15-16(20-8-7-19-15)21(17(18)22)14-10-13(14)11-5-4-6-12(9-11)23-3;1-12-8-4-2-3-7(5-8)9-6-10(9)11;1-8(2,7(12)13)5-6(9)11-4-3-10-5/h4-9,13,15H,10-11H2,1-3H3;2*4-9,13-14H,10H2,1-3H3;2-5,9-10H,6,11H2,1H3;3-4H,1-2H3,(H,12,13)/t;13-,14?;;;/m.1.../s1. The van der Waals surface area contributed by atoms with Crippen molar-refractivity contribution in [3.05, 3.63) is 202 Å². The fourth-order valence-electron chi connectivity index (χ4n) is 12.3. The van der Waals surface area contributed by atoms with Crippen molar-refractivity contribution in [1.82, 2.24) is 39.9 Å². The minimum atomic E-state index is -1.11. The third kappa shape index (κ3) is 14.8. The average Bonchev–Trinajstić information content (AvgIpc) is 1.53. The number of ether oxygens (including phenoxy) is 4. The summed E-state index contributed by atoms with van der Waals surface area (Å²) in [7, 11) is 6.69. The molecule has 8 atom stereocenters. The number of carboxylic acid groups (broad SMARTS) is 1. The van der Waals surface area contributed by atoms with Crippen molar-refractivity contribution in [2.24, 2.45) is 11.7 Å². The van der Waals surface area contributed by atoms with Crippen LogP contribution in [0.5, 0.6) is 23.0 Å². The third-order valence-corrected chi connectivity index (χ3v) is 19.3. The Bertz CT molecular complexity index is 4000. The number of hydrogen-bond acceptors (Lipinski definition) is 17. The summed E-state index contributed by atoms with van der Waals surface area (Å²) in [6.45, 7) is 14.5. The smallest absolute Gasteiger partial charge is 0.315 e. The number of aliphatic carboxylic acids is 1. The molecule has 0 spiro atoms. The van der Waals surface area contributed by atoms with Gasteiger partial charge in [0.2, 0.25) is 11.8 Å². The summed E-state index contributed by atoms with van der Waals surface area (Å²) in [5.41, 5.74) is 10.1. The number of rotatable bonds is 16. The molecule has 8 aromatic rings. The molecule has 2 amide bonds. The van der Waals surface area contributed by atoms with Gasteiger partial charge in [-0.3, -0.25) is 48.9 Å². The van der Waals surface area contributed by atoms with Crippen LogP contribution in [0.4, 0.5) is 11.6 Å². The van der Waals surface area contributed by atoms with Gasteiger partial charge in [-0.15, -0.1) is 0 Å². The SMILES string of the molecule is CC(C)(C(=O)O)c1nccnc1Cl.COc1cccc(C2CC2CC(=O)C(C)(C)c2nccnc2Cl)c1.COc1cccc(C2CC2N)c1.COc1cccc(C2CC2N2C(=O)C(C)(C)c3nccnc32)c1.COc1cccc([C@H]2CC2N2C(=O)C(C)(C)c3nccnc32)c1. The van der Waals surface area contributed by atoms with Gasteiger partial charge >= 0.3 is 5.97 Å². The van der Waals surface area contributed by atoms with Gasteiger partial charge < -0.3 is 29.8 Å². The molecule has 3 N–H and O–H groups in total. The number of benzene rings is 4. The lowest BCUT2D eigenvalue weighted by molar-refractivity contribution is -0.142. The van der Waals surface area contributed by atoms with Gasteiger partial charge in [-0.05, 0) is 164 Å². The van der Waals surface area contributed by atoms with E-state index >= 15 is 0 Å². The Kier molecular flexibility index (Phi) is 20.4. The second kappa shape index (κ2) is 28.1. The Morgan fingerprint density at radius 1 is 0.505 bits per heavy atom. The molecule has 2 aliphatic heterocycles. The average molecular weight is 1330 g/mol. The Balaban J connectivity index is 0.000000133. The topological polar surface area (TPSA) is 261 Å². The number of ketones is 1. The number of amides is 2. The number of nitrogens with two attached hydrogens (primary N) is 1. The number of hydrogen-bond donors (Lipinski definition) is 2. The van der Waals surface area contributed by atoms with E-state index in [2.05, 4.69) is 76.3 Å². The molecule has 6 heterocycles. The van der Waals surface area contributed by atoms with Crippen molar-refractivity contribution in [2.75, 3.05) is 38.2 Å². The van der Waals surface area contributed by atoms with Gasteiger partial charge in [0, 0.05) is 91.9 Å². The monoisotopic (exact) mass is 1330 g/mol. The summed E-state index contributed by atoms with van der Waals surface area (Å²) in [5, 5.41) is 9.33. The molecule has 0 saturated heterocycles. The Morgan fingerprint density at radius 2 is 0.842 bits per heavy atom. The molecule has 22 heteroatoms. The molecule has 4 aromatic carbocycles. The predicted octanol–water partition coefficient (Wildman–Crippen LogP) is 12.5. The van der Waals surface area contributed by atoms with Crippen LogP contribution in [0.25, 0.3) is 0 Å². The highest BCUT2D eigenvalue weighted by Gasteiger charge is 2.57. The van der Waals surface area contributed by atoms with Crippen molar-refractivity contribution in [3.8, 4) is 23.0 Å². The van der Waals surface area contributed by atoms with Crippen LogP contribution in [0.15, 0.2) is 147 Å². The molecule has 0 bridgehead atoms. The van der Waals surface area contributed by atoms with Gasteiger partial charge in [0.1, 0.15) is 34.2 Å². The van der Waals surface area contributed by atoms with Crippen LogP contribution in [0.3, 0.4) is 0 Å². The minimum absolute atomic E-state index is 0.0918. The molecule has 4 aliphatic carbocycles. The molecular formula is C73H81Cl2N11O9. The largest absolute Gasteiger partial charge is 0.497 e. The lowest BCUT2D eigenvalue weighted by Gasteiger charge is -2.23. The number of fused-ring (bicyclic) bond motifs is 2. The minimum Gasteiger partial charge on any atom is -0.497 e. The van der Waals surface area contributed by atoms with Crippen LogP contribution in [0.1, 0.15) is 156 Å². The van der Waals surface area contributed by atoms with Crippen molar-refractivity contribution in [2.45, 2.75) is 151 Å². The van der Waals surface area contributed by atoms with E-state index in [1.54, 1.807) is 59.4 Å². The lowest BCUT2D eigenvalue weighted by atomic mass is 9.82. The second-order valence-electron chi connectivity index (χ2n) is 26.7. The summed E-state index contributed by atoms with van der Waals surface area (Å²) in [6, 6.07) is 33.1. The quantitative estimate of drug-likeness (QED) is 0.0911. The van der Waals surface area contributed by atoms with Crippen molar-refractivity contribution in [1.29, 1.82) is 0 Å². The zero-order valence-corrected chi connectivity index (χ0v) is 57.0. The molecule has 4 aromatic heterocycles. The number of methoxy groups -OCH3 is 4. The molecule has 7 unspecified atom stereocenters. The number of carbonyl (C=O) groups is 4. The highest BCUT2D eigenvalue weighted by Crippen LogP contribution is 2.54. The molecule has 95 heavy (non-hydrogen) atoms. The number of carbonyl (C=O) groups excluding carboxylic acids is 3. The lowest BCUT2D eigenvalue weighted by Crippen LogP contribution is -2.38. The van der Waals surface area contributed by atoms with E-state index in [0.29, 0.717) is 52.9 Å². The van der Waals surface area contributed by atoms with Gasteiger partial charge in [-0.1, -0.05) is 71.7 Å². The third-order valence-electron chi connectivity index (χ3n) is 18.7. The fourth-order valence-corrected chi connectivity index (χ4v) is 13.0. The predicted molar refractivity (Wildman–Crippen MR) is 363 cm³/mol. The Labute approximate surface area is 564 Å². The summed E-state index contributed by atoms with van der Waals surface area (Å²) < 4.78 is 21.0. The molecule has 20 nitrogen and oxygen atoms in total. The van der Waals surface area contributed by atoms with Crippen LogP contribution in [0, 0.1) is 5.92 Å². The first-order valence-corrected chi connectivity index (χ1v) is 32.4. The fraction of sp³-hybridized carbons (Fsp3) is 0.397. The van der Waals surface area contributed by atoms with Gasteiger partial charge in [0.25, 0.3) is 0 Å². The van der Waals surface area contributed by atoms with Crippen LogP contribution in [-0.2, 0) is 40.8 Å². The second-order valence-corrected chi connectivity index (χ2v) is 27.4. The van der Waals surface area contributed by atoms with Gasteiger partial charge in [0.15, 0.2) is 21.9 Å². The Morgan fingerprint density at radius 3 is 1.20 bits per heavy atom. The maximum atomic E-state index is 12.9. The normalized spacial score (nSPS) is 21.8. The Hall–Kier alpha value is -8.98. The van der Waals surface area contributed by atoms with E-state index in [4.69, 9.17) is 53.0 Å². The summed E-state index contributed by atoms with van der Waals surface area (Å²) >= 11 is 11.8. The van der Waals surface area contributed by atoms with E-state index < -0.39 is 27.6 Å². The number of carboxylic acids is 1. The van der Waals surface area contributed by atoms with E-state index in [-0.39, 0.29) is 40.5 Å². The molecule has 0 radical (unpaired) electrons. The van der Waals surface area contributed by atoms with Gasteiger partial charge in [-0.25, -0.2) is 19.9 Å². The number of nitrogens with zero attached hydrogens (tertiary/aromatic N) is 10. The first-order valence-electron chi connectivity index (χ1n) is 31.6. The van der Waals surface area contributed by atoms with E-state index in [1.165, 1.54) is 54.7 Å². The summed E-state index contributed by atoms with van der Waals surface area (Å²) in [6.07, 6.45) is 17.2. The maximum Gasteiger partial charge on any atom is 0.315 e. The number of aromatic nitrogens is 8. The van der Waals surface area contributed by atoms with Crippen LogP contribution in [0.2, 0.25) is 10.3 Å². The molecule has 4 fully saturated rings. The van der Waals surface area contributed by atoms with E-state index in [0.717, 1.165) is 71.7 Å². The first kappa shape index (κ1) is 68.9. The van der Waals surface area contributed by atoms with Crippen molar-refractivity contribution in [3.63, 3.8) is 0 Å². The van der Waals surface area contributed by atoms with Crippen LogP contribution in [-0.4, -0.2) is 115 Å². The van der Waals surface area contributed by atoms with E-state index in [1.807, 2.05) is 112 Å². The molecular weight excluding hydrogens is 1250 g/mol. The molecule has 14 rings (SSSR count). The van der Waals surface area contributed by atoms with E-state index in [9.17, 15) is 19.2 Å². The highest BCUT2D eigenvalue weighted by molar-refractivity contribution is 6.30. The summed E-state index contributed by atoms with van der Waals surface area (Å²) in [5.74, 6) is 6.31. The zero-order valence-electron chi connectivity index (χ0n) is 55.5.